The first-order valence-electron chi connectivity index (χ1n) is 8.36. The van der Waals surface area contributed by atoms with Crippen LogP contribution >= 0.6 is 0 Å². The molecular formula is C19H27NO2S. The van der Waals surface area contributed by atoms with Crippen LogP contribution in [0.2, 0.25) is 0 Å². The second kappa shape index (κ2) is 8.52. The molecule has 0 heterocycles. The van der Waals surface area contributed by atoms with Gasteiger partial charge in [-0.05, 0) is 57.9 Å². The number of benzene rings is 1. The van der Waals surface area contributed by atoms with E-state index in [-0.39, 0.29) is 16.9 Å². The summed E-state index contributed by atoms with van der Waals surface area (Å²) in [6, 6.07) is 9.59. The van der Waals surface area contributed by atoms with E-state index >= 15 is 0 Å². The van der Waals surface area contributed by atoms with Crippen LogP contribution in [-0.4, -0.2) is 15.1 Å². The molecule has 126 valence electrons. The highest BCUT2D eigenvalue weighted by Gasteiger charge is 2.23. The van der Waals surface area contributed by atoms with E-state index in [1.807, 2.05) is 51.1 Å². The molecule has 1 aromatic carbocycles. The summed E-state index contributed by atoms with van der Waals surface area (Å²) < 4.78 is 20.9. The van der Waals surface area contributed by atoms with Crippen LogP contribution in [0, 0.1) is 12.0 Å². The second-order valence-electron chi connectivity index (χ2n) is 6.97. The molecule has 3 nitrogen and oxygen atoms in total. The van der Waals surface area contributed by atoms with Crippen LogP contribution in [0.1, 0.15) is 64.5 Å². The molecule has 0 radical (unpaired) electrons. The molecule has 1 aromatic rings. The van der Waals surface area contributed by atoms with E-state index in [1.54, 1.807) is 0 Å². The minimum Gasteiger partial charge on any atom is -0.443 e. The van der Waals surface area contributed by atoms with Crippen molar-refractivity contribution in [2.45, 2.75) is 69.8 Å². The van der Waals surface area contributed by atoms with Gasteiger partial charge in [-0.2, -0.15) is 0 Å². The molecule has 2 atom stereocenters. The van der Waals surface area contributed by atoms with Crippen LogP contribution in [0.25, 0.3) is 0 Å². The molecule has 1 N–H and O–H groups in total. The highest BCUT2D eigenvalue weighted by Crippen LogP contribution is 2.20. The van der Waals surface area contributed by atoms with E-state index in [0.29, 0.717) is 0 Å². The van der Waals surface area contributed by atoms with E-state index in [0.717, 1.165) is 18.4 Å². The van der Waals surface area contributed by atoms with Gasteiger partial charge in [-0.25, -0.2) is 8.93 Å². The van der Waals surface area contributed by atoms with Crippen molar-refractivity contribution < 1.29 is 8.95 Å². The van der Waals surface area contributed by atoms with Gasteiger partial charge in [0.05, 0.1) is 15.7 Å². The van der Waals surface area contributed by atoms with Gasteiger partial charge in [0.2, 0.25) is 0 Å². The third-order valence-corrected chi connectivity index (χ3v) is 5.46. The highest BCUT2D eigenvalue weighted by atomic mass is 32.2. The van der Waals surface area contributed by atoms with Crippen LogP contribution in [0.15, 0.2) is 30.3 Å². The smallest absolute Gasteiger partial charge is 0.112 e. The van der Waals surface area contributed by atoms with E-state index < -0.39 is 11.0 Å². The van der Waals surface area contributed by atoms with E-state index in [1.165, 1.54) is 19.3 Å². The molecule has 0 unspecified atom stereocenters. The summed E-state index contributed by atoms with van der Waals surface area (Å²) in [5, 5.41) is 0. The fourth-order valence-corrected chi connectivity index (χ4v) is 3.23. The van der Waals surface area contributed by atoms with Gasteiger partial charge < -0.3 is 4.74 Å². The maximum atomic E-state index is 12.4. The Balaban J connectivity index is 2.06. The molecule has 4 heteroatoms. The van der Waals surface area contributed by atoms with Gasteiger partial charge in [0.1, 0.15) is 18.3 Å². The number of rotatable bonds is 4. The fourth-order valence-electron chi connectivity index (χ4n) is 2.47. The zero-order valence-corrected chi connectivity index (χ0v) is 15.1. The molecule has 0 bridgehead atoms. The van der Waals surface area contributed by atoms with Crippen molar-refractivity contribution in [2.24, 2.45) is 0 Å². The molecular weight excluding hydrogens is 306 g/mol. The summed E-state index contributed by atoms with van der Waals surface area (Å²) in [5.74, 6) is 3.11. The molecule has 1 aliphatic carbocycles. The summed E-state index contributed by atoms with van der Waals surface area (Å²) in [6.07, 6.45) is 9.04. The van der Waals surface area contributed by atoms with Gasteiger partial charge in [-0.3, -0.25) is 0 Å². The van der Waals surface area contributed by atoms with Gasteiger partial charge in [-0.1, -0.05) is 36.8 Å². The van der Waals surface area contributed by atoms with Crippen molar-refractivity contribution in [3.8, 4) is 12.0 Å². The average molecular weight is 333 g/mol. The number of hydrogen-bond acceptors (Lipinski definition) is 2. The first-order chi connectivity index (χ1) is 11.0. The molecule has 23 heavy (non-hydrogen) atoms. The zero-order valence-electron chi connectivity index (χ0n) is 14.3. The Kier molecular flexibility index (Phi) is 6.68. The quantitative estimate of drug-likeness (QED) is 0.843. The van der Waals surface area contributed by atoms with Gasteiger partial charge in [0, 0.05) is 0 Å². The predicted molar refractivity (Wildman–Crippen MR) is 95.9 cm³/mol. The van der Waals surface area contributed by atoms with E-state index in [2.05, 4.69) is 16.7 Å². The molecule has 0 amide bonds. The van der Waals surface area contributed by atoms with Crippen LogP contribution in [0.5, 0.6) is 0 Å². The van der Waals surface area contributed by atoms with Crippen LogP contribution < -0.4 is 4.72 Å². The molecule has 0 saturated heterocycles. The largest absolute Gasteiger partial charge is 0.443 e. The zero-order chi connectivity index (χ0) is 16.7. The average Bonchev–Trinajstić information content (AvgIpc) is 2.54. The summed E-state index contributed by atoms with van der Waals surface area (Å²) in [6.45, 7) is 5.85. The van der Waals surface area contributed by atoms with Crippen LogP contribution in [-0.2, 0) is 15.7 Å². The van der Waals surface area contributed by atoms with Crippen molar-refractivity contribution in [3.05, 3.63) is 35.9 Å². The Bertz CT molecular complexity index is 563. The molecule has 1 fully saturated rings. The number of nitrogens with one attached hydrogen (secondary N) is 1. The lowest BCUT2D eigenvalue weighted by molar-refractivity contribution is 0.124. The molecule has 0 aromatic heterocycles. The van der Waals surface area contributed by atoms with Gasteiger partial charge in [0.15, 0.2) is 0 Å². The summed E-state index contributed by atoms with van der Waals surface area (Å²) in [4.78, 5) is 0. The lowest BCUT2D eigenvalue weighted by Crippen LogP contribution is -2.35. The summed E-state index contributed by atoms with van der Waals surface area (Å²) in [7, 11) is -1.18. The fraction of sp³-hybridized carbons (Fsp3) is 0.579. The third kappa shape index (κ3) is 6.01. The van der Waals surface area contributed by atoms with E-state index in [9.17, 15) is 4.21 Å². The number of hydrogen-bond donors (Lipinski definition) is 1. The standard InChI is InChI=1S/C19H27NO2S/c1-19(2,3)23(21)20-18(16-10-6-4-7-11-16)14-15-22-17-12-8-5-9-13-17/h4,6-7,10-11,17-18,20H,5,8-9,12-13H2,1-3H3/t18-,23-/m0/s1. The minimum atomic E-state index is -1.18. The molecule has 0 aliphatic heterocycles. The first-order valence-corrected chi connectivity index (χ1v) is 9.51. The Morgan fingerprint density at radius 3 is 2.43 bits per heavy atom. The topological polar surface area (TPSA) is 38.3 Å². The highest BCUT2D eigenvalue weighted by molar-refractivity contribution is 7.84. The lowest BCUT2D eigenvalue weighted by atomic mass is 9.98. The van der Waals surface area contributed by atoms with Crippen molar-refractivity contribution in [3.63, 3.8) is 0 Å². The normalized spacial score (nSPS) is 18.6. The Labute approximate surface area is 142 Å². The molecule has 1 aliphatic rings. The summed E-state index contributed by atoms with van der Waals surface area (Å²) >= 11 is 0. The Morgan fingerprint density at radius 1 is 1.17 bits per heavy atom. The van der Waals surface area contributed by atoms with Crippen molar-refractivity contribution in [2.75, 3.05) is 0 Å². The molecule has 1 saturated carbocycles. The van der Waals surface area contributed by atoms with Crippen molar-refractivity contribution in [1.29, 1.82) is 0 Å². The Morgan fingerprint density at radius 2 is 1.83 bits per heavy atom. The monoisotopic (exact) mass is 333 g/mol. The van der Waals surface area contributed by atoms with Crippen LogP contribution in [0.4, 0.5) is 0 Å². The van der Waals surface area contributed by atoms with Crippen molar-refractivity contribution in [1.82, 2.24) is 4.72 Å². The SMILES string of the molecule is CC(C)(C)[S@](=O)N[C@@H](C#COC1CCCCC1)c1ccccc1. The third-order valence-electron chi connectivity index (χ3n) is 3.90. The first kappa shape index (κ1) is 18.0. The predicted octanol–water partition coefficient (Wildman–Crippen LogP) is 4.09. The van der Waals surface area contributed by atoms with Gasteiger partial charge in [-0.15, -0.1) is 0 Å². The maximum Gasteiger partial charge on any atom is 0.112 e. The van der Waals surface area contributed by atoms with Gasteiger partial charge >= 0.3 is 0 Å². The maximum absolute atomic E-state index is 12.4. The second-order valence-corrected chi connectivity index (χ2v) is 8.96. The van der Waals surface area contributed by atoms with Crippen molar-refractivity contribution >= 4 is 11.0 Å². The van der Waals surface area contributed by atoms with E-state index in [4.69, 9.17) is 4.74 Å². The minimum absolute atomic E-state index is 0.251. The summed E-state index contributed by atoms with van der Waals surface area (Å²) in [5.41, 5.74) is 1.00. The number of ether oxygens (including phenoxy) is 1. The van der Waals surface area contributed by atoms with Gasteiger partial charge in [0.25, 0.3) is 0 Å². The Hall–Kier alpha value is -1.31. The molecule has 0 spiro atoms. The molecule has 2 rings (SSSR count). The van der Waals surface area contributed by atoms with Crippen LogP contribution in [0.3, 0.4) is 0 Å². The lowest BCUT2D eigenvalue weighted by Gasteiger charge is -2.22.